The fourth-order valence-corrected chi connectivity index (χ4v) is 1.30. The Hall–Kier alpha value is -0.960. The maximum Gasteiger partial charge on any atom is 0.133 e. The van der Waals surface area contributed by atoms with Crippen molar-refractivity contribution in [3.63, 3.8) is 0 Å². The molecular formula is C12H17F2N. The van der Waals surface area contributed by atoms with E-state index in [2.05, 4.69) is 5.32 Å². The van der Waals surface area contributed by atoms with E-state index in [4.69, 9.17) is 0 Å². The molecule has 1 atom stereocenters. The van der Waals surface area contributed by atoms with Crippen LogP contribution in [0.3, 0.4) is 0 Å². The second-order valence-electron chi connectivity index (χ2n) is 3.85. The Labute approximate surface area is 89.5 Å². The average molecular weight is 213 g/mol. The van der Waals surface area contributed by atoms with Gasteiger partial charge in [-0.2, -0.15) is 0 Å². The van der Waals surface area contributed by atoms with Gasteiger partial charge < -0.3 is 5.32 Å². The standard InChI is InChI=1S/C12H17F2N/c1-4-9(3)15-7-10-11(13)6-5-8(2)12(10)14/h5-6,9,15H,4,7H2,1-3H3. The van der Waals surface area contributed by atoms with Gasteiger partial charge in [0.2, 0.25) is 0 Å². The topological polar surface area (TPSA) is 12.0 Å². The molecular weight excluding hydrogens is 196 g/mol. The van der Waals surface area contributed by atoms with Gasteiger partial charge in [-0.15, -0.1) is 0 Å². The molecule has 3 heteroatoms. The van der Waals surface area contributed by atoms with E-state index in [1.165, 1.54) is 12.1 Å². The van der Waals surface area contributed by atoms with E-state index in [1.54, 1.807) is 6.92 Å². The summed E-state index contributed by atoms with van der Waals surface area (Å²) >= 11 is 0. The van der Waals surface area contributed by atoms with Crippen molar-refractivity contribution in [2.75, 3.05) is 0 Å². The van der Waals surface area contributed by atoms with Crippen molar-refractivity contribution < 1.29 is 8.78 Å². The molecule has 0 bridgehead atoms. The molecule has 0 saturated heterocycles. The number of hydrogen-bond donors (Lipinski definition) is 1. The highest BCUT2D eigenvalue weighted by Crippen LogP contribution is 2.16. The highest BCUT2D eigenvalue weighted by molar-refractivity contribution is 5.26. The van der Waals surface area contributed by atoms with Crippen LogP contribution in [0.4, 0.5) is 8.78 Å². The minimum Gasteiger partial charge on any atom is -0.310 e. The Morgan fingerprint density at radius 1 is 1.33 bits per heavy atom. The van der Waals surface area contributed by atoms with Crippen LogP contribution in [-0.2, 0) is 6.54 Å². The van der Waals surface area contributed by atoms with Crippen molar-refractivity contribution in [3.05, 3.63) is 34.9 Å². The zero-order chi connectivity index (χ0) is 11.4. The molecule has 84 valence electrons. The number of aryl methyl sites for hydroxylation is 1. The van der Waals surface area contributed by atoms with Crippen LogP contribution in [0.25, 0.3) is 0 Å². The Morgan fingerprint density at radius 3 is 2.60 bits per heavy atom. The third kappa shape index (κ3) is 2.99. The highest BCUT2D eigenvalue weighted by atomic mass is 19.1. The van der Waals surface area contributed by atoms with E-state index in [0.717, 1.165) is 6.42 Å². The zero-order valence-corrected chi connectivity index (χ0v) is 9.40. The molecule has 1 aromatic carbocycles. The fourth-order valence-electron chi connectivity index (χ4n) is 1.30. The maximum absolute atomic E-state index is 13.5. The van der Waals surface area contributed by atoms with E-state index >= 15 is 0 Å². The summed E-state index contributed by atoms with van der Waals surface area (Å²) in [6.07, 6.45) is 0.940. The van der Waals surface area contributed by atoms with Crippen LogP contribution in [0.15, 0.2) is 12.1 Å². The van der Waals surface area contributed by atoms with Crippen molar-refractivity contribution in [2.24, 2.45) is 0 Å². The summed E-state index contributed by atoms with van der Waals surface area (Å²) in [5.41, 5.74) is 0.618. The van der Waals surface area contributed by atoms with Crippen molar-refractivity contribution >= 4 is 0 Å². The summed E-state index contributed by atoms with van der Waals surface area (Å²) in [6, 6.07) is 3.04. The van der Waals surface area contributed by atoms with Gasteiger partial charge in [0.25, 0.3) is 0 Å². The number of nitrogens with one attached hydrogen (secondary N) is 1. The summed E-state index contributed by atoms with van der Waals surface area (Å²) in [7, 11) is 0. The van der Waals surface area contributed by atoms with Gasteiger partial charge in [0.1, 0.15) is 11.6 Å². The van der Waals surface area contributed by atoms with E-state index in [1.807, 2.05) is 13.8 Å². The quantitative estimate of drug-likeness (QED) is 0.810. The molecule has 0 aliphatic heterocycles. The molecule has 0 aliphatic carbocycles. The Kier molecular flexibility index (Phi) is 4.21. The molecule has 1 unspecified atom stereocenters. The second-order valence-corrected chi connectivity index (χ2v) is 3.85. The Balaban J connectivity index is 2.80. The van der Waals surface area contributed by atoms with Gasteiger partial charge >= 0.3 is 0 Å². The lowest BCUT2D eigenvalue weighted by Crippen LogP contribution is -2.25. The van der Waals surface area contributed by atoms with Crippen LogP contribution in [-0.4, -0.2) is 6.04 Å². The highest BCUT2D eigenvalue weighted by Gasteiger charge is 2.11. The van der Waals surface area contributed by atoms with Gasteiger partial charge in [0.05, 0.1) is 0 Å². The lowest BCUT2D eigenvalue weighted by molar-refractivity contribution is 0.490. The van der Waals surface area contributed by atoms with Crippen LogP contribution >= 0.6 is 0 Å². The maximum atomic E-state index is 13.5. The van der Waals surface area contributed by atoms with Crippen molar-refractivity contribution in [2.45, 2.75) is 39.8 Å². The SMILES string of the molecule is CCC(C)NCc1c(F)ccc(C)c1F. The summed E-state index contributed by atoms with van der Waals surface area (Å²) in [4.78, 5) is 0. The molecule has 1 nitrogen and oxygen atoms in total. The molecule has 0 saturated carbocycles. The molecule has 0 spiro atoms. The molecule has 0 amide bonds. The largest absolute Gasteiger partial charge is 0.310 e. The van der Waals surface area contributed by atoms with E-state index in [0.29, 0.717) is 5.56 Å². The predicted molar refractivity (Wildman–Crippen MR) is 57.7 cm³/mol. The van der Waals surface area contributed by atoms with Gasteiger partial charge in [-0.1, -0.05) is 13.0 Å². The normalized spacial score (nSPS) is 12.9. The first-order valence-electron chi connectivity index (χ1n) is 5.23. The number of rotatable bonds is 4. The monoisotopic (exact) mass is 213 g/mol. The third-order valence-corrected chi connectivity index (χ3v) is 2.62. The lowest BCUT2D eigenvalue weighted by Gasteiger charge is -2.13. The van der Waals surface area contributed by atoms with Crippen molar-refractivity contribution in [3.8, 4) is 0 Å². The van der Waals surface area contributed by atoms with Gasteiger partial charge in [-0.3, -0.25) is 0 Å². The first kappa shape index (κ1) is 12.1. The summed E-state index contributed by atoms with van der Waals surface area (Å²) in [6.45, 7) is 5.90. The number of halogens is 2. The molecule has 1 aromatic rings. The smallest absolute Gasteiger partial charge is 0.133 e. The van der Waals surface area contributed by atoms with Gasteiger partial charge in [0, 0.05) is 18.2 Å². The summed E-state index contributed by atoms with van der Waals surface area (Å²) < 4.78 is 26.8. The number of benzene rings is 1. The molecule has 0 radical (unpaired) electrons. The first-order chi connectivity index (χ1) is 7.06. The predicted octanol–water partition coefficient (Wildman–Crippen LogP) is 3.16. The van der Waals surface area contributed by atoms with Gasteiger partial charge in [-0.25, -0.2) is 8.78 Å². The van der Waals surface area contributed by atoms with E-state index < -0.39 is 11.6 Å². The van der Waals surface area contributed by atoms with Crippen LogP contribution < -0.4 is 5.32 Å². The van der Waals surface area contributed by atoms with Crippen molar-refractivity contribution in [1.82, 2.24) is 5.32 Å². The molecule has 15 heavy (non-hydrogen) atoms. The fraction of sp³-hybridized carbons (Fsp3) is 0.500. The molecule has 0 aromatic heterocycles. The lowest BCUT2D eigenvalue weighted by atomic mass is 10.1. The van der Waals surface area contributed by atoms with Gasteiger partial charge in [-0.05, 0) is 31.9 Å². The van der Waals surface area contributed by atoms with E-state index in [9.17, 15) is 8.78 Å². The molecule has 0 aliphatic rings. The van der Waals surface area contributed by atoms with Crippen LogP contribution in [0.1, 0.15) is 31.4 Å². The van der Waals surface area contributed by atoms with Gasteiger partial charge in [0.15, 0.2) is 0 Å². The first-order valence-corrected chi connectivity index (χ1v) is 5.23. The minimum absolute atomic E-state index is 0.135. The minimum atomic E-state index is -0.478. The van der Waals surface area contributed by atoms with Crippen LogP contribution in [0, 0.1) is 18.6 Å². The zero-order valence-electron chi connectivity index (χ0n) is 9.40. The van der Waals surface area contributed by atoms with Crippen LogP contribution in [0.2, 0.25) is 0 Å². The molecule has 0 heterocycles. The Bertz CT molecular complexity index is 337. The second kappa shape index (κ2) is 5.21. The number of hydrogen-bond acceptors (Lipinski definition) is 1. The Morgan fingerprint density at radius 2 is 2.00 bits per heavy atom. The van der Waals surface area contributed by atoms with E-state index in [-0.39, 0.29) is 18.2 Å². The third-order valence-electron chi connectivity index (χ3n) is 2.62. The average Bonchev–Trinajstić information content (AvgIpc) is 2.23. The molecule has 1 N–H and O–H groups in total. The van der Waals surface area contributed by atoms with Crippen LogP contribution in [0.5, 0.6) is 0 Å². The summed E-state index contributed by atoms with van der Waals surface area (Å²) in [5, 5.41) is 3.08. The summed E-state index contributed by atoms with van der Waals surface area (Å²) in [5.74, 6) is -0.917. The molecule has 0 fully saturated rings. The molecule has 1 rings (SSSR count). The van der Waals surface area contributed by atoms with Crippen molar-refractivity contribution in [1.29, 1.82) is 0 Å².